The van der Waals surface area contributed by atoms with Crippen molar-refractivity contribution in [1.29, 1.82) is 0 Å². The minimum atomic E-state index is -0.252. The van der Waals surface area contributed by atoms with Crippen molar-refractivity contribution in [2.75, 3.05) is 31.3 Å². The molecule has 0 saturated heterocycles. The average Bonchev–Trinajstić information content (AvgIpc) is 2.58. The number of amides is 2. The Kier molecular flexibility index (Phi) is 6.31. The van der Waals surface area contributed by atoms with Crippen LogP contribution in [0.4, 0.5) is 16.2 Å². The molecular formula is C18H23N3O3. The molecule has 0 saturated carbocycles. The molecular weight excluding hydrogens is 306 g/mol. The number of carbonyl (C=O) groups excluding carboxylic acids is 1. The monoisotopic (exact) mass is 329 g/mol. The summed E-state index contributed by atoms with van der Waals surface area (Å²) in [7, 11) is 1.61. The summed E-state index contributed by atoms with van der Waals surface area (Å²) in [4.78, 5) is 11.9. The molecule has 0 unspecified atom stereocenters. The van der Waals surface area contributed by atoms with E-state index in [2.05, 4.69) is 10.6 Å². The first-order valence-electron chi connectivity index (χ1n) is 7.82. The Labute approximate surface area is 142 Å². The van der Waals surface area contributed by atoms with Gasteiger partial charge in [-0.25, -0.2) is 4.79 Å². The van der Waals surface area contributed by atoms with E-state index in [-0.39, 0.29) is 6.03 Å². The lowest BCUT2D eigenvalue weighted by atomic mass is 10.1. The molecule has 2 aromatic rings. The number of urea groups is 1. The van der Waals surface area contributed by atoms with Gasteiger partial charge in [-0.1, -0.05) is 6.07 Å². The van der Waals surface area contributed by atoms with Crippen LogP contribution in [0.15, 0.2) is 42.5 Å². The number of ether oxygens (including phenoxy) is 2. The summed E-state index contributed by atoms with van der Waals surface area (Å²) in [5.41, 5.74) is 8.02. The van der Waals surface area contributed by atoms with Gasteiger partial charge < -0.3 is 25.8 Å². The predicted molar refractivity (Wildman–Crippen MR) is 95.7 cm³/mol. The molecule has 2 aromatic carbocycles. The van der Waals surface area contributed by atoms with Crippen LogP contribution in [0, 0.1) is 0 Å². The molecule has 2 rings (SSSR count). The van der Waals surface area contributed by atoms with E-state index in [1.807, 2.05) is 25.1 Å². The lowest BCUT2D eigenvalue weighted by Gasteiger charge is -2.11. The minimum Gasteiger partial charge on any atom is -0.493 e. The summed E-state index contributed by atoms with van der Waals surface area (Å²) >= 11 is 0. The highest BCUT2D eigenvalue weighted by Crippen LogP contribution is 2.28. The number of nitrogen functional groups attached to an aromatic ring is 1. The van der Waals surface area contributed by atoms with Gasteiger partial charge in [-0.15, -0.1) is 0 Å². The summed E-state index contributed by atoms with van der Waals surface area (Å²) in [6, 6.07) is 12.5. The van der Waals surface area contributed by atoms with Gasteiger partial charge >= 0.3 is 6.03 Å². The smallest absolute Gasteiger partial charge is 0.319 e. The van der Waals surface area contributed by atoms with Gasteiger partial charge in [-0.05, 0) is 55.3 Å². The normalized spacial score (nSPS) is 10.1. The molecule has 6 heteroatoms. The molecule has 6 nitrogen and oxygen atoms in total. The number of carbonyl (C=O) groups is 1. The maximum Gasteiger partial charge on any atom is 0.319 e. The lowest BCUT2D eigenvalue weighted by Crippen LogP contribution is -2.30. The SMILES string of the molecule is CCOc1ccc(CCNC(=O)Nc2ccc(N)cc2)cc1OC. The highest BCUT2D eigenvalue weighted by molar-refractivity contribution is 5.89. The van der Waals surface area contributed by atoms with E-state index >= 15 is 0 Å². The summed E-state index contributed by atoms with van der Waals surface area (Å²) in [5, 5.41) is 5.57. The van der Waals surface area contributed by atoms with Crippen molar-refractivity contribution >= 4 is 17.4 Å². The Bertz CT molecular complexity index is 672. The highest BCUT2D eigenvalue weighted by Gasteiger charge is 2.06. The molecule has 0 aliphatic heterocycles. The topological polar surface area (TPSA) is 85.6 Å². The number of benzene rings is 2. The quantitative estimate of drug-likeness (QED) is 0.682. The van der Waals surface area contributed by atoms with Crippen molar-refractivity contribution in [2.24, 2.45) is 0 Å². The molecule has 24 heavy (non-hydrogen) atoms. The molecule has 128 valence electrons. The first kappa shape index (κ1) is 17.5. The number of nitrogens with one attached hydrogen (secondary N) is 2. The van der Waals surface area contributed by atoms with Gasteiger partial charge in [0, 0.05) is 17.9 Å². The van der Waals surface area contributed by atoms with E-state index < -0.39 is 0 Å². The van der Waals surface area contributed by atoms with Gasteiger partial charge in [0.1, 0.15) is 0 Å². The fourth-order valence-corrected chi connectivity index (χ4v) is 2.20. The van der Waals surface area contributed by atoms with Crippen LogP contribution in [0.25, 0.3) is 0 Å². The van der Waals surface area contributed by atoms with Crippen LogP contribution in [0.2, 0.25) is 0 Å². The third-order valence-corrected chi connectivity index (χ3v) is 3.40. The third-order valence-electron chi connectivity index (χ3n) is 3.40. The van der Waals surface area contributed by atoms with E-state index in [1.165, 1.54) is 0 Å². The number of nitrogens with two attached hydrogens (primary N) is 1. The van der Waals surface area contributed by atoms with E-state index in [9.17, 15) is 4.79 Å². The summed E-state index contributed by atoms with van der Waals surface area (Å²) in [5.74, 6) is 1.42. The Morgan fingerprint density at radius 2 is 1.88 bits per heavy atom. The van der Waals surface area contributed by atoms with E-state index in [0.29, 0.717) is 36.7 Å². The molecule has 0 fully saturated rings. The summed E-state index contributed by atoms with van der Waals surface area (Å²) in [6.45, 7) is 3.03. The Morgan fingerprint density at radius 3 is 2.54 bits per heavy atom. The van der Waals surface area contributed by atoms with Crippen molar-refractivity contribution in [2.45, 2.75) is 13.3 Å². The Morgan fingerprint density at radius 1 is 1.12 bits per heavy atom. The molecule has 0 radical (unpaired) electrons. The van der Waals surface area contributed by atoms with Gasteiger partial charge in [0.05, 0.1) is 13.7 Å². The largest absolute Gasteiger partial charge is 0.493 e. The van der Waals surface area contributed by atoms with E-state index in [1.54, 1.807) is 31.4 Å². The zero-order valence-electron chi connectivity index (χ0n) is 14.0. The van der Waals surface area contributed by atoms with Gasteiger partial charge in [-0.3, -0.25) is 0 Å². The van der Waals surface area contributed by atoms with Crippen molar-refractivity contribution in [3.63, 3.8) is 0 Å². The van der Waals surface area contributed by atoms with Crippen LogP contribution in [0.3, 0.4) is 0 Å². The Hall–Kier alpha value is -2.89. The maximum absolute atomic E-state index is 11.9. The lowest BCUT2D eigenvalue weighted by molar-refractivity contribution is 0.252. The first-order chi connectivity index (χ1) is 11.6. The fourth-order valence-electron chi connectivity index (χ4n) is 2.20. The molecule has 4 N–H and O–H groups in total. The standard InChI is InChI=1S/C18H23N3O3/c1-3-24-16-9-4-13(12-17(16)23-2)10-11-20-18(22)21-15-7-5-14(19)6-8-15/h4-9,12H,3,10-11,19H2,1-2H3,(H2,20,21,22). The molecule has 2 amide bonds. The van der Waals surface area contributed by atoms with Gasteiger partial charge in [-0.2, -0.15) is 0 Å². The van der Waals surface area contributed by atoms with Crippen LogP contribution in [0.1, 0.15) is 12.5 Å². The second kappa shape index (κ2) is 8.67. The maximum atomic E-state index is 11.9. The minimum absolute atomic E-state index is 0.252. The first-order valence-corrected chi connectivity index (χ1v) is 7.82. The number of anilines is 2. The van der Waals surface area contributed by atoms with Crippen molar-refractivity contribution in [3.8, 4) is 11.5 Å². The van der Waals surface area contributed by atoms with Crippen LogP contribution >= 0.6 is 0 Å². The molecule has 0 aromatic heterocycles. The zero-order chi connectivity index (χ0) is 17.4. The van der Waals surface area contributed by atoms with Crippen LogP contribution in [-0.2, 0) is 6.42 Å². The molecule has 0 heterocycles. The summed E-state index contributed by atoms with van der Waals surface area (Å²) in [6.07, 6.45) is 0.692. The second-order valence-corrected chi connectivity index (χ2v) is 5.17. The third kappa shape index (κ3) is 5.08. The van der Waals surface area contributed by atoms with E-state index in [0.717, 1.165) is 11.3 Å². The van der Waals surface area contributed by atoms with Gasteiger partial charge in [0.2, 0.25) is 0 Å². The molecule has 0 bridgehead atoms. The van der Waals surface area contributed by atoms with Gasteiger partial charge in [0.25, 0.3) is 0 Å². The zero-order valence-corrected chi connectivity index (χ0v) is 14.0. The number of methoxy groups -OCH3 is 1. The Balaban J connectivity index is 1.82. The van der Waals surface area contributed by atoms with Gasteiger partial charge in [0.15, 0.2) is 11.5 Å². The van der Waals surface area contributed by atoms with E-state index in [4.69, 9.17) is 15.2 Å². The van der Waals surface area contributed by atoms with Crippen molar-refractivity contribution in [1.82, 2.24) is 5.32 Å². The van der Waals surface area contributed by atoms with Crippen LogP contribution in [-0.4, -0.2) is 26.3 Å². The van der Waals surface area contributed by atoms with Crippen LogP contribution in [0.5, 0.6) is 11.5 Å². The number of hydrogen-bond donors (Lipinski definition) is 3. The fraction of sp³-hybridized carbons (Fsp3) is 0.278. The van der Waals surface area contributed by atoms with Crippen LogP contribution < -0.4 is 25.8 Å². The molecule has 0 aliphatic carbocycles. The molecule has 0 aliphatic rings. The average molecular weight is 329 g/mol. The van der Waals surface area contributed by atoms with Crippen molar-refractivity contribution in [3.05, 3.63) is 48.0 Å². The number of rotatable bonds is 7. The molecule has 0 atom stereocenters. The number of hydrogen-bond acceptors (Lipinski definition) is 4. The van der Waals surface area contributed by atoms with Crippen molar-refractivity contribution < 1.29 is 14.3 Å². The highest BCUT2D eigenvalue weighted by atomic mass is 16.5. The molecule has 0 spiro atoms. The predicted octanol–water partition coefficient (Wildman–Crippen LogP) is 3.04. The summed E-state index contributed by atoms with van der Waals surface area (Å²) < 4.78 is 10.8. The second-order valence-electron chi connectivity index (χ2n) is 5.17.